The molecule has 0 spiro atoms. The van der Waals surface area contributed by atoms with Gasteiger partial charge in [0.05, 0.1) is 0 Å². The van der Waals surface area contributed by atoms with Gasteiger partial charge in [-0.25, -0.2) is 0 Å². The molecule has 0 aromatic heterocycles. The van der Waals surface area contributed by atoms with Gasteiger partial charge in [0, 0.05) is 18.6 Å². The first-order valence-electron chi connectivity index (χ1n) is 6.64. The van der Waals surface area contributed by atoms with Crippen LogP contribution in [0.1, 0.15) is 52.9 Å². The monoisotopic (exact) mass is 212 g/mol. The van der Waals surface area contributed by atoms with Crippen molar-refractivity contribution in [2.45, 2.75) is 65.0 Å². The van der Waals surface area contributed by atoms with E-state index in [1.165, 1.54) is 38.6 Å². The third kappa shape index (κ3) is 3.76. The van der Waals surface area contributed by atoms with Gasteiger partial charge in [0.1, 0.15) is 0 Å². The van der Waals surface area contributed by atoms with Crippen molar-refractivity contribution in [2.24, 2.45) is 11.7 Å². The highest BCUT2D eigenvalue weighted by Crippen LogP contribution is 2.24. The number of nitrogens with zero attached hydrogens (tertiary/aromatic N) is 1. The van der Waals surface area contributed by atoms with Gasteiger partial charge in [-0.05, 0) is 45.6 Å². The zero-order valence-electron chi connectivity index (χ0n) is 10.7. The molecule has 1 saturated heterocycles. The summed E-state index contributed by atoms with van der Waals surface area (Å²) in [6.45, 7) is 9.06. The summed E-state index contributed by atoms with van der Waals surface area (Å²) >= 11 is 0. The molecular weight excluding hydrogens is 184 g/mol. The van der Waals surface area contributed by atoms with E-state index in [4.69, 9.17) is 5.73 Å². The summed E-state index contributed by atoms with van der Waals surface area (Å²) < 4.78 is 0. The largest absolute Gasteiger partial charge is 0.330 e. The second-order valence-corrected chi connectivity index (χ2v) is 5.22. The predicted octanol–water partition coefficient (Wildman–Crippen LogP) is 2.62. The van der Waals surface area contributed by atoms with Crippen molar-refractivity contribution in [3.05, 3.63) is 0 Å². The van der Waals surface area contributed by atoms with Gasteiger partial charge in [-0.2, -0.15) is 0 Å². The number of likely N-dealkylation sites (tertiary alicyclic amines) is 1. The molecule has 0 bridgehead atoms. The molecule has 2 N–H and O–H groups in total. The Morgan fingerprint density at radius 1 is 1.27 bits per heavy atom. The molecule has 0 aliphatic carbocycles. The molecule has 1 heterocycles. The molecule has 2 heteroatoms. The van der Waals surface area contributed by atoms with E-state index in [2.05, 4.69) is 25.7 Å². The fraction of sp³-hybridized carbons (Fsp3) is 1.00. The van der Waals surface area contributed by atoms with E-state index in [-0.39, 0.29) is 0 Å². The third-order valence-corrected chi connectivity index (χ3v) is 3.88. The van der Waals surface area contributed by atoms with E-state index in [1.54, 1.807) is 0 Å². The van der Waals surface area contributed by atoms with Crippen molar-refractivity contribution in [3.8, 4) is 0 Å². The highest BCUT2D eigenvalue weighted by molar-refractivity contribution is 4.81. The molecular formula is C13H28N2. The molecule has 0 amide bonds. The topological polar surface area (TPSA) is 29.3 Å². The molecule has 15 heavy (non-hydrogen) atoms. The molecule has 1 fully saturated rings. The Balaban J connectivity index is 2.45. The Morgan fingerprint density at radius 2 is 1.87 bits per heavy atom. The lowest BCUT2D eigenvalue weighted by atomic mass is 9.94. The minimum Gasteiger partial charge on any atom is -0.330 e. The fourth-order valence-corrected chi connectivity index (χ4v) is 2.82. The molecule has 3 unspecified atom stereocenters. The summed E-state index contributed by atoms with van der Waals surface area (Å²) in [7, 11) is 0. The van der Waals surface area contributed by atoms with Gasteiger partial charge in [-0.15, -0.1) is 0 Å². The first kappa shape index (κ1) is 13.0. The second-order valence-electron chi connectivity index (χ2n) is 5.22. The minimum atomic E-state index is 0.706. The number of rotatable bonds is 5. The quantitative estimate of drug-likeness (QED) is 0.759. The highest BCUT2D eigenvalue weighted by Gasteiger charge is 2.26. The average molecular weight is 212 g/mol. The lowest BCUT2D eigenvalue weighted by molar-refractivity contribution is 0.0833. The van der Waals surface area contributed by atoms with Crippen LogP contribution in [0.2, 0.25) is 0 Å². The summed E-state index contributed by atoms with van der Waals surface area (Å²) in [5.74, 6) is 0.706. The minimum absolute atomic E-state index is 0.706. The SMILES string of the molecule is CCCC(CN)CN1C(C)CCCC1C. The van der Waals surface area contributed by atoms with Crippen LogP contribution in [-0.2, 0) is 0 Å². The Hall–Kier alpha value is -0.0800. The molecule has 90 valence electrons. The summed E-state index contributed by atoms with van der Waals surface area (Å²) in [6, 6.07) is 1.53. The van der Waals surface area contributed by atoms with Gasteiger partial charge in [-0.1, -0.05) is 19.8 Å². The third-order valence-electron chi connectivity index (χ3n) is 3.88. The van der Waals surface area contributed by atoms with Crippen molar-refractivity contribution in [1.29, 1.82) is 0 Å². The molecule has 0 radical (unpaired) electrons. The van der Waals surface area contributed by atoms with Gasteiger partial charge in [0.25, 0.3) is 0 Å². The Labute approximate surface area is 95.2 Å². The van der Waals surface area contributed by atoms with Crippen molar-refractivity contribution >= 4 is 0 Å². The standard InChI is InChI=1S/C13H28N2/c1-4-6-13(9-14)10-15-11(2)7-5-8-12(15)3/h11-13H,4-10,14H2,1-3H3. The molecule has 1 rings (SSSR count). The molecule has 0 aromatic rings. The number of hydrogen-bond acceptors (Lipinski definition) is 2. The summed E-state index contributed by atoms with van der Waals surface area (Å²) in [6.07, 6.45) is 6.69. The maximum Gasteiger partial charge on any atom is 0.00698 e. The van der Waals surface area contributed by atoms with Crippen molar-refractivity contribution in [2.75, 3.05) is 13.1 Å². The van der Waals surface area contributed by atoms with E-state index in [9.17, 15) is 0 Å². The van der Waals surface area contributed by atoms with E-state index in [1.807, 2.05) is 0 Å². The van der Waals surface area contributed by atoms with Crippen LogP contribution in [0.3, 0.4) is 0 Å². The van der Waals surface area contributed by atoms with Crippen molar-refractivity contribution in [1.82, 2.24) is 4.90 Å². The van der Waals surface area contributed by atoms with Crippen molar-refractivity contribution < 1.29 is 0 Å². The van der Waals surface area contributed by atoms with Crippen LogP contribution in [0.25, 0.3) is 0 Å². The Kier molecular flexibility index (Phi) is 5.62. The summed E-state index contributed by atoms with van der Waals surface area (Å²) in [5.41, 5.74) is 5.84. The Morgan fingerprint density at radius 3 is 2.33 bits per heavy atom. The van der Waals surface area contributed by atoms with E-state index in [0.717, 1.165) is 18.6 Å². The van der Waals surface area contributed by atoms with E-state index in [0.29, 0.717) is 5.92 Å². The van der Waals surface area contributed by atoms with Crippen LogP contribution in [-0.4, -0.2) is 30.1 Å². The summed E-state index contributed by atoms with van der Waals surface area (Å²) in [5, 5.41) is 0. The normalized spacial score (nSPS) is 30.4. The first-order valence-corrected chi connectivity index (χ1v) is 6.64. The molecule has 3 atom stereocenters. The maximum atomic E-state index is 5.84. The van der Waals surface area contributed by atoms with Crippen LogP contribution < -0.4 is 5.73 Å². The van der Waals surface area contributed by atoms with Crippen LogP contribution in [0, 0.1) is 5.92 Å². The maximum absolute atomic E-state index is 5.84. The van der Waals surface area contributed by atoms with Crippen LogP contribution in [0.15, 0.2) is 0 Å². The van der Waals surface area contributed by atoms with Crippen molar-refractivity contribution in [3.63, 3.8) is 0 Å². The predicted molar refractivity (Wildman–Crippen MR) is 66.9 cm³/mol. The zero-order valence-corrected chi connectivity index (χ0v) is 10.7. The molecule has 0 aromatic carbocycles. The molecule has 0 saturated carbocycles. The lowest BCUT2D eigenvalue weighted by Gasteiger charge is -2.40. The summed E-state index contributed by atoms with van der Waals surface area (Å²) in [4.78, 5) is 2.68. The van der Waals surface area contributed by atoms with Gasteiger partial charge in [0.15, 0.2) is 0 Å². The lowest BCUT2D eigenvalue weighted by Crippen LogP contribution is -2.47. The van der Waals surface area contributed by atoms with E-state index >= 15 is 0 Å². The fourth-order valence-electron chi connectivity index (χ4n) is 2.82. The van der Waals surface area contributed by atoms with Gasteiger partial charge in [-0.3, -0.25) is 4.90 Å². The van der Waals surface area contributed by atoms with E-state index < -0.39 is 0 Å². The number of piperidine rings is 1. The second kappa shape index (κ2) is 6.49. The number of hydrogen-bond donors (Lipinski definition) is 1. The van der Waals surface area contributed by atoms with Crippen LogP contribution in [0.4, 0.5) is 0 Å². The zero-order chi connectivity index (χ0) is 11.3. The number of nitrogens with two attached hydrogens (primary N) is 1. The van der Waals surface area contributed by atoms with Crippen LogP contribution >= 0.6 is 0 Å². The molecule has 1 aliphatic rings. The van der Waals surface area contributed by atoms with Crippen LogP contribution in [0.5, 0.6) is 0 Å². The average Bonchev–Trinajstić information content (AvgIpc) is 2.22. The smallest absolute Gasteiger partial charge is 0.00698 e. The van der Waals surface area contributed by atoms with Gasteiger partial charge in [0.2, 0.25) is 0 Å². The highest BCUT2D eigenvalue weighted by atomic mass is 15.2. The van der Waals surface area contributed by atoms with Gasteiger partial charge >= 0.3 is 0 Å². The Bertz CT molecular complexity index is 160. The molecule has 1 aliphatic heterocycles. The van der Waals surface area contributed by atoms with Gasteiger partial charge < -0.3 is 5.73 Å². The first-order chi connectivity index (χ1) is 7.19. The molecule has 2 nitrogen and oxygen atoms in total.